The van der Waals surface area contributed by atoms with E-state index in [0.29, 0.717) is 6.04 Å². The van der Waals surface area contributed by atoms with E-state index < -0.39 is 0 Å². The molecule has 0 amide bonds. The van der Waals surface area contributed by atoms with Crippen molar-refractivity contribution in [3.63, 3.8) is 0 Å². The van der Waals surface area contributed by atoms with Crippen LogP contribution in [0.4, 0.5) is 0 Å². The zero-order valence-electron chi connectivity index (χ0n) is 9.20. The van der Waals surface area contributed by atoms with Gasteiger partial charge in [-0.15, -0.1) is 17.9 Å². The first-order chi connectivity index (χ1) is 7.33. The number of piperazine rings is 1. The van der Waals surface area contributed by atoms with Gasteiger partial charge in [-0.1, -0.05) is 6.08 Å². The predicted octanol–water partition coefficient (Wildman–Crippen LogP) is 2.19. The molecule has 1 aromatic heterocycles. The van der Waals surface area contributed by atoms with Crippen LogP contribution in [0.15, 0.2) is 24.1 Å². The summed E-state index contributed by atoms with van der Waals surface area (Å²) < 4.78 is 0. The molecular weight excluding hydrogens is 204 g/mol. The topological polar surface area (TPSA) is 15.3 Å². The van der Waals surface area contributed by atoms with E-state index in [4.69, 9.17) is 0 Å². The molecule has 1 N–H and O–H groups in total. The fraction of sp³-hybridized carbons (Fsp3) is 0.500. The van der Waals surface area contributed by atoms with Crippen molar-refractivity contribution in [2.24, 2.45) is 0 Å². The first kappa shape index (κ1) is 10.9. The molecule has 0 unspecified atom stereocenters. The van der Waals surface area contributed by atoms with Crippen molar-refractivity contribution in [1.82, 2.24) is 10.2 Å². The van der Waals surface area contributed by atoms with Crippen LogP contribution in [0.2, 0.25) is 0 Å². The molecule has 0 bridgehead atoms. The van der Waals surface area contributed by atoms with Gasteiger partial charge in [0.15, 0.2) is 0 Å². The van der Waals surface area contributed by atoms with Crippen molar-refractivity contribution in [3.05, 3.63) is 34.5 Å². The van der Waals surface area contributed by atoms with Gasteiger partial charge in [0, 0.05) is 31.1 Å². The van der Waals surface area contributed by atoms with E-state index in [0.717, 1.165) is 26.2 Å². The highest BCUT2D eigenvalue weighted by Crippen LogP contribution is 2.29. The third-order valence-corrected chi connectivity index (χ3v) is 4.03. The average Bonchev–Trinajstić information content (AvgIpc) is 2.68. The molecule has 2 heterocycles. The van der Waals surface area contributed by atoms with Gasteiger partial charge in [-0.3, -0.25) is 4.90 Å². The van der Waals surface area contributed by atoms with Crippen molar-refractivity contribution in [2.75, 3.05) is 26.2 Å². The molecule has 82 valence electrons. The monoisotopic (exact) mass is 222 g/mol. The van der Waals surface area contributed by atoms with Crippen molar-refractivity contribution < 1.29 is 0 Å². The number of hydrogen-bond acceptors (Lipinski definition) is 3. The Bertz CT molecular complexity index is 326. The van der Waals surface area contributed by atoms with E-state index >= 15 is 0 Å². The second kappa shape index (κ2) is 4.92. The smallest absolute Gasteiger partial charge is 0.0626 e. The summed E-state index contributed by atoms with van der Waals surface area (Å²) in [6, 6.07) is 2.60. The van der Waals surface area contributed by atoms with Crippen molar-refractivity contribution in [2.45, 2.75) is 13.0 Å². The molecule has 1 aromatic rings. The average molecular weight is 222 g/mol. The number of thiophene rings is 1. The number of hydrogen-bond donors (Lipinski definition) is 1. The molecule has 0 spiro atoms. The summed E-state index contributed by atoms with van der Waals surface area (Å²) in [4.78, 5) is 3.95. The maximum Gasteiger partial charge on any atom is 0.0626 e. The van der Waals surface area contributed by atoms with Crippen LogP contribution in [0.3, 0.4) is 0 Å². The van der Waals surface area contributed by atoms with Crippen molar-refractivity contribution >= 4 is 11.3 Å². The zero-order chi connectivity index (χ0) is 10.7. The standard InChI is InChI=1S/C12H18N2S/c1-3-11(12-10(2)4-9-15-12)14-7-5-13-6-8-14/h3-4,9,11,13H,1,5-8H2,2H3/t11-/m0/s1. The van der Waals surface area contributed by atoms with Crippen LogP contribution in [0.1, 0.15) is 16.5 Å². The summed E-state index contributed by atoms with van der Waals surface area (Å²) in [6.45, 7) is 10.6. The van der Waals surface area contributed by atoms with Crippen molar-refractivity contribution in [3.8, 4) is 0 Å². The first-order valence-electron chi connectivity index (χ1n) is 5.44. The molecule has 2 rings (SSSR count). The third kappa shape index (κ3) is 2.30. The maximum absolute atomic E-state index is 3.98. The summed E-state index contributed by atoms with van der Waals surface area (Å²) in [7, 11) is 0. The van der Waals surface area contributed by atoms with E-state index in [1.165, 1.54) is 10.4 Å². The van der Waals surface area contributed by atoms with Crippen molar-refractivity contribution in [1.29, 1.82) is 0 Å². The van der Waals surface area contributed by atoms with E-state index in [-0.39, 0.29) is 0 Å². The van der Waals surface area contributed by atoms with Gasteiger partial charge in [-0.25, -0.2) is 0 Å². The Labute approximate surface area is 95.6 Å². The fourth-order valence-corrected chi connectivity index (χ4v) is 3.13. The van der Waals surface area contributed by atoms with Crippen LogP contribution >= 0.6 is 11.3 Å². The van der Waals surface area contributed by atoms with Gasteiger partial charge in [0.1, 0.15) is 0 Å². The minimum absolute atomic E-state index is 0.409. The lowest BCUT2D eigenvalue weighted by Gasteiger charge is -2.33. The highest BCUT2D eigenvalue weighted by molar-refractivity contribution is 7.10. The molecule has 1 saturated heterocycles. The molecule has 1 atom stereocenters. The van der Waals surface area contributed by atoms with Gasteiger partial charge in [-0.05, 0) is 23.9 Å². The van der Waals surface area contributed by atoms with Crippen LogP contribution in [-0.2, 0) is 0 Å². The SMILES string of the molecule is C=C[C@@H](c1sccc1C)N1CCNCC1. The Morgan fingerprint density at radius 3 is 2.80 bits per heavy atom. The van der Waals surface area contributed by atoms with Gasteiger partial charge in [0.25, 0.3) is 0 Å². The minimum Gasteiger partial charge on any atom is -0.314 e. The fourth-order valence-electron chi connectivity index (χ4n) is 2.07. The van der Waals surface area contributed by atoms with Crippen LogP contribution < -0.4 is 5.32 Å². The summed E-state index contributed by atoms with van der Waals surface area (Å²) >= 11 is 1.84. The number of nitrogens with zero attached hydrogens (tertiary/aromatic N) is 1. The van der Waals surface area contributed by atoms with Gasteiger partial charge >= 0.3 is 0 Å². The molecule has 0 saturated carbocycles. The van der Waals surface area contributed by atoms with E-state index in [1.807, 2.05) is 11.3 Å². The minimum atomic E-state index is 0.409. The first-order valence-corrected chi connectivity index (χ1v) is 6.32. The molecule has 2 nitrogen and oxygen atoms in total. The van der Waals surface area contributed by atoms with Crippen LogP contribution in [0, 0.1) is 6.92 Å². The Balaban J connectivity index is 2.16. The quantitative estimate of drug-likeness (QED) is 0.789. The lowest BCUT2D eigenvalue weighted by molar-refractivity contribution is 0.205. The summed E-state index contributed by atoms with van der Waals surface area (Å²) in [5.41, 5.74) is 1.39. The highest BCUT2D eigenvalue weighted by atomic mass is 32.1. The second-order valence-electron chi connectivity index (χ2n) is 3.93. The van der Waals surface area contributed by atoms with Crippen LogP contribution in [-0.4, -0.2) is 31.1 Å². The molecule has 1 aliphatic heterocycles. The molecule has 0 aliphatic carbocycles. The normalized spacial score (nSPS) is 20.1. The molecule has 0 radical (unpaired) electrons. The molecule has 0 aromatic carbocycles. The summed E-state index contributed by atoms with van der Waals surface area (Å²) in [6.07, 6.45) is 2.07. The molecular formula is C12H18N2S. The summed E-state index contributed by atoms with van der Waals surface area (Å²) in [5, 5.41) is 5.55. The third-order valence-electron chi connectivity index (χ3n) is 2.94. The van der Waals surface area contributed by atoms with E-state index in [2.05, 4.69) is 41.2 Å². The van der Waals surface area contributed by atoms with Gasteiger partial charge in [-0.2, -0.15) is 0 Å². The molecule has 1 aliphatic rings. The molecule has 1 fully saturated rings. The Kier molecular flexibility index (Phi) is 3.57. The lowest BCUT2D eigenvalue weighted by Crippen LogP contribution is -2.44. The Morgan fingerprint density at radius 1 is 1.53 bits per heavy atom. The Morgan fingerprint density at radius 2 is 2.27 bits per heavy atom. The van der Waals surface area contributed by atoms with Crippen LogP contribution in [0.5, 0.6) is 0 Å². The van der Waals surface area contributed by atoms with Gasteiger partial charge in [0.05, 0.1) is 6.04 Å². The number of nitrogens with one attached hydrogen (secondary N) is 1. The lowest BCUT2D eigenvalue weighted by atomic mass is 10.1. The van der Waals surface area contributed by atoms with Gasteiger partial charge < -0.3 is 5.32 Å². The largest absolute Gasteiger partial charge is 0.314 e. The van der Waals surface area contributed by atoms with Gasteiger partial charge in [0.2, 0.25) is 0 Å². The summed E-state index contributed by atoms with van der Waals surface area (Å²) in [5.74, 6) is 0. The molecule has 3 heteroatoms. The highest BCUT2D eigenvalue weighted by Gasteiger charge is 2.21. The number of rotatable bonds is 3. The second-order valence-corrected chi connectivity index (χ2v) is 4.88. The predicted molar refractivity (Wildman–Crippen MR) is 66.4 cm³/mol. The zero-order valence-corrected chi connectivity index (χ0v) is 10.0. The molecule has 15 heavy (non-hydrogen) atoms. The van der Waals surface area contributed by atoms with E-state index in [9.17, 15) is 0 Å². The van der Waals surface area contributed by atoms with E-state index in [1.54, 1.807) is 0 Å². The maximum atomic E-state index is 3.98. The number of aryl methyl sites for hydroxylation is 1. The van der Waals surface area contributed by atoms with Crippen LogP contribution in [0.25, 0.3) is 0 Å². The Hall–Kier alpha value is -0.640.